The summed E-state index contributed by atoms with van der Waals surface area (Å²) in [6.07, 6.45) is 6.88. The number of nitrogens with one attached hydrogen (secondary N) is 3. The molecular weight excluding hydrogens is 546 g/mol. The zero-order valence-electron chi connectivity index (χ0n) is 23.8. The van der Waals surface area contributed by atoms with E-state index in [1.54, 1.807) is 0 Å². The summed E-state index contributed by atoms with van der Waals surface area (Å²) in [5, 5.41) is 20.2. The number of hydrogen-bond acceptors (Lipinski definition) is 7. The molecule has 0 bridgehead atoms. The van der Waals surface area contributed by atoms with Gasteiger partial charge in [-0.1, -0.05) is 55.3 Å². The number of amides is 4. The summed E-state index contributed by atoms with van der Waals surface area (Å²) in [6.45, 7) is 0.609. The van der Waals surface area contributed by atoms with Crippen LogP contribution in [-0.4, -0.2) is 52.2 Å². The minimum Gasteiger partial charge on any atom is -0.364 e. The number of benzene rings is 2. The van der Waals surface area contributed by atoms with Gasteiger partial charge in [0, 0.05) is 24.9 Å². The number of carbonyl (C=O) groups excluding carboxylic acids is 4. The third-order valence-corrected chi connectivity index (χ3v) is 8.20. The third kappa shape index (κ3) is 7.33. The number of hydrogen-bond donors (Lipinski definition) is 4. The fourth-order valence-electron chi connectivity index (χ4n) is 5.75. The third-order valence-electron chi connectivity index (χ3n) is 8.20. The van der Waals surface area contributed by atoms with Crippen LogP contribution in [0.15, 0.2) is 54.9 Å². The Morgan fingerprint density at radius 3 is 2.51 bits per heavy atom. The van der Waals surface area contributed by atoms with Crippen LogP contribution >= 0.6 is 0 Å². The average molecular weight is 582 g/mol. The second-order valence-electron chi connectivity index (χ2n) is 11.3. The molecular formula is C32H35N7O4. The van der Waals surface area contributed by atoms with Crippen molar-refractivity contribution in [1.82, 2.24) is 25.9 Å². The van der Waals surface area contributed by atoms with Crippen molar-refractivity contribution in [2.45, 2.75) is 62.9 Å². The van der Waals surface area contributed by atoms with Gasteiger partial charge in [-0.15, -0.1) is 0 Å². The molecule has 1 saturated carbocycles. The highest BCUT2D eigenvalue weighted by Gasteiger charge is 2.36. The molecule has 1 saturated heterocycles. The highest BCUT2D eigenvalue weighted by atomic mass is 16.2. The van der Waals surface area contributed by atoms with Crippen LogP contribution in [0.3, 0.4) is 0 Å². The highest BCUT2D eigenvalue weighted by molar-refractivity contribution is 5.96. The molecule has 1 aliphatic carbocycles. The summed E-state index contributed by atoms with van der Waals surface area (Å²) in [7, 11) is 0. The Bertz CT molecular complexity index is 1560. The van der Waals surface area contributed by atoms with Gasteiger partial charge in [0.15, 0.2) is 0 Å². The number of piperidine rings is 1. The Morgan fingerprint density at radius 1 is 1.00 bits per heavy atom. The fraction of sp³-hybridized carbons (Fsp3) is 0.406. The molecule has 4 atom stereocenters. The van der Waals surface area contributed by atoms with E-state index >= 15 is 0 Å². The molecule has 2 aliphatic rings. The second-order valence-corrected chi connectivity index (χ2v) is 11.3. The lowest BCUT2D eigenvalue weighted by atomic mass is 9.90. The fourth-order valence-corrected chi connectivity index (χ4v) is 5.75. The standard InChI is InChI=1S/C32H35N7O4/c33-18-23(16-22-8-4-12-37-30(22)41)38-32(43)26(15-19-10-11-19)39-31(42)25(27-28(29(34)40)36-14-13-35-27)17-21-7-3-6-20-5-1-2-9-24(20)21/h1-3,5-7,9,13-14,19,22-23,25-26H,4,8,10-12,15-17H2,(H2,34,40)(H,37,41)(H,38,43)(H,39,42)/t22-,23-,25-,26-/m0/s1. The number of aromatic nitrogens is 2. The molecule has 222 valence electrons. The number of primary amides is 1. The Hall–Kier alpha value is -4.85. The highest BCUT2D eigenvalue weighted by Crippen LogP contribution is 2.34. The Balaban J connectivity index is 1.40. The van der Waals surface area contributed by atoms with Gasteiger partial charge >= 0.3 is 0 Å². The first-order chi connectivity index (χ1) is 20.8. The first-order valence-corrected chi connectivity index (χ1v) is 14.7. The molecule has 11 nitrogen and oxygen atoms in total. The molecule has 1 aliphatic heterocycles. The van der Waals surface area contributed by atoms with Crippen LogP contribution in [0.1, 0.15) is 66.2 Å². The van der Waals surface area contributed by atoms with Crippen molar-refractivity contribution >= 4 is 34.4 Å². The maximum atomic E-state index is 14.1. The van der Waals surface area contributed by atoms with Crippen molar-refractivity contribution in [3.8, 4) is 6.07 Å². The summed E-state index contributed by atoms with van der Waals surface area (Å²) in [4.78, 5) is 60.6. The molecule has 11 heteroatoms. The summed E-state index contributed by atoms with van der Waals surface area (Å²) in [5.41, 5.74) is 6.50. The van der Waals surface area contributed by atoms with Crippen LogP contribution in [0.2, 0.25) is 0 Å². The summed E-state index contributed by atoms with van der Waals surface area (Å²) in [6, 6.07) is 13.9. The number of rotatable bonds is 12. The lowest BCUT2D eigenvalue weighted by molar-refractivity contribution is -0.130. The predicted molar refractivity (Wildman–Crippen MR) is 158 cm³/mol. The summed E-state index contributed by atoms with van der Waals surface area (Å²) < 4.78 is 0. The number of nitriles is 1. The van der Waals surface area contributed by atoms with E-state index in [0.717, 1.165) is 35.6 Å². The van der Waals surface area contributed by atoms with E-state index in [1.807, 2.05) is 42.5 Å². The van der Waals surface area contributed by atoms with Gasteiger partial charge in [0.05, 0.1) is 17.7 Å². The Morgan fingerprint density at radius 2 is 1.77 bits per heavy atom. The van der Waals surface area contributed by atoms with Crippen molar-refractivity contribution in [3.05, 3.63) is 71.8 Å². The molecule has 0 spiro atoms. The van der Waals surface area contributed by atoms with E-state index in [1.165, 1.54) is 12.4 Å². The van der Waals surface area contributed by atoms with Gasteiger partial charge in [-0.3, -0.25) is 24.2 Å². The number of nitrogens with two attached hydrogens (primary N) is 1. The molecule has 3 aromatic rings. The first-order valence-electron chi connectivity index (χ1n) is 14.7. The van der Waals surface area contributed by atoms with Crippen LogP contribution in [0.4, 0.5) is 0 Å². The smallest absolute Gasteiger partial charge is 0.269 e. The molecule has 2 aromatic carbocycles. The van der Waals surface area contributed by atoms with Crippen molar-refractivity contribution in [2.75, 3.05) is 6.54 Å². The summed E-state index contributed by atoms with van der Waals surface area (Å²) in [5.74, 6) is -2.98. The number of fused-ring (bicyclic) bond motifs is 1. The summed E-state index contributed by atoms with van der Waals surface area (Å²) >= 11 is 0. The van der Waals surface area contributed by atoms with E-state index < -0.39 is 35.7 Å². The lowest BCUT2D eigenvalue weighted by Gasteiger charge is -2.26. The van der Waals surface area contributed by atoms with Crippen LogP contribution in [0.25, 0.3) is 10.8 Å². The Labute approximate surface area is 249 Å². The van der Waals surface area contributed by atoms with Crippen LogP contribution in [0, 0.1) is 23.2 Å². The zero-order chi connectivity index (χ0) is 30.3. The normalized spacial score (nSPS) is 18.5. The minimum absolute atomic E-state index is 0.110. The second kappa shape index (κ2) is 13.4. The van der Waals surface area contributed by atoms with Gasteiger partial charge in [0.2, 0.25) is 17.7 Å². The Kier molecular flexibility index (Phi) is 9.25. The van der Waals surface area contributed by atoms with Gasteiger partial charge in [-0.05, 0) is 54.4 Å². The van der Waals surface area contributed by atoms with Crippen molar-refractivity contribution in [3.63, 3.8) is 0 Å². The topological polar surface area (TPSA) is 180 Å². The minimum atomic E-state index is -0.978. The largest absolute Gasteiger partial charge is 0.364 e. The molecule has 43 heavy (non-hydrogen) atoms. The lowest BCUT2D eigenvalue weighted by Crippen LogP contribution is -2.51. The van der Waals surface area contributed by atoms with Crippen LogP contribution in [-0.2, 0) is 20.8 Å². The average Bonchev–Trinajstić information content (AvgIpc) is 3.84. The van der Waals surface area contributed by atoms with Gasteiger partial charge in [-0.25, -0.2) is 4.98 Å². The van der Waals surface area contributed by atoms with Crippen molar-refractivity contribution < 1.29 is 19.2 Å². The SMILES string of the molecule is N#C[C@H](C[C@@H]1CCCNC1=O)NC(=O)[C@H](CC1CC1)NC(=O)[C@@H](Cc1cccc2ccccc12)c1nccnc1C(N)=O. The van der Waals surface area contributed by atoms with Gasteiger partial charge < -0.3 is 21.7 Å². The van der Waals surface area contributed by atoms with Gasteiger partial charge in [-0.2, -0.15) is 5.26 Å². The number of nitrogens with zero attached hydrogens (tertiary/aromatic N) is 3. The quantitative estimate of drug-likeness (QED) is 0.253. The molecule has 4 amide bonds. The van der Waals surface area contributed by atoms with Crippen LogP contribution < -0.4 is 21.7 Å². The van der Waals surface area contributed by atoms with Crippen LogP contribution in [0.5, 0.6) is 0 Å². The maximum absolute atomic E-state index is 14.1. The first kappa shape index (κ1) is 29.6. The molecule has 2 fully saturated rings. The molecule has 0 radical (unpaired) electrons. The number of carbonyl (C=O) groups is 4. The predicted octanol–water partition coefficient (Wildman–Crippen LogP) is 2.26. The molecule has 5 rings (SSSR count). The van der Waals surface area contributed by atoms with Gasteiger partial charge in [0.25, 0.3) is 5.91 Å². The molecule has 5 N–H and O–H groups in total. The molecule has 1 aromatic heterocycles. The van der Waals surface area contributed by atoms with E-state index in [0.29, 0.717) is 19.4 Å². The van der Waals surface area contributed by atoms with E-state index in [-0.39, 0.29) is 42.0 Å². The van der Waals surface area contributed by atoms with E-state index in [4.69, 9.17) is 5.73 Å². The van der Waals surface area contributed by atoms with Crippen molar-refractivity contribution in [2.24, 2.45) is 17.6 Å². The maximum Gasteiger partial charge on any atom is 0.269 e. The van der Waals surface area contributed by atoms with Gasteiger partial charge in [0.1, 0.15) is 17.8 Å². The molecule has 2 heterocycles. The molecule has 0 unspecified atom stereocenters. The zero-order valence-corrected chi connectivity index (χ0v) is 23.8. The van der Waals surface area contributed by atoms with E-state index in [2.05, 4.69) is 32.0 Å². The van der Waals surface area contributed by atoms with E-state index in [9.17, 15) is 24.4 Å². The monoisotopic (exact) mass is 581 g/mol. The van der Waals surface area contributed by atoms with Crippen molar-refractivity contribution in [1.29, 1.82) is 5.26 Å².